The second-order valence-corrected chi connectivity index (χ2v) is 1.39. The fraction of sp³-hybridized carbons (Fsp3) is 0.500. The Morgan fingerprint density at radius 1 is 1.56 bits per heavy atom. The molecule has 0 rings (SSSR count). The Hall–Kier alpha value is -0.870. The maximum atomic E-state index is 11.4. The Morgan fingerprint density at radius 3 is 2.11 bits per heavy atom. The number of halogens is 3. The largest absolute Gasteiger partial charge is 0.432 e. The van der Waals surface area contributed by atoms with Gasteiger partial charge in [0.15, 0.2) is 0 Å². The number of nitrogens with two attached hydrogens (primary N) is 1. The Bertz CT molecular complexity index is 115. The Kier molecular flexibility index (Phi) is 2.36. The molecule has 0 aromatic heterocycles. The molecule has 0 aliphatic rings. The molecular weight excluding hydrogens is 133 g/mol. The summed E-state index contributed by atoms with van der Waals surface area (Å²) in [4.78, 5) is 0. The van der Waals surface area contributed by atoms with Crippen molar-refractivity contribution in [2.75, 3.05) is 7.05 Å². The van der Waals surface area contributed by atoms with E-state index in [0.717, 1.165) is 0 Å². The third-order valence-corrected chi connectivity index (χ3v) is 0.627. The fourth-order valence-corrected chi connectivity index (χ4v) is 0.237. The van der Waals surface area contributed by atoms with Crippen LogP contribution in [0.4, 0.5) is 13.2 Å². The normalized spacial score (nSPS) is 13.6. The zero-order valence-corrected chi connectivity index (χ0v) is 4.79. The molecule has 0 unspecified atom stereocenters. The number of hydrogen-bond acceptors (Lipinski definition) is 2. The molecule has 0 atom stereocenters. The minimum absolute atomic E-state index is 0.694. The molecule has 0 aliphatic heterocycles. The first-order valence-corrected chi connectivity index (χ1v) is 2.18. The Labute approximate surface area is 50.5 Å². The smallest absolute Gasteiger partial charge is 0.394 e. The molecule has 9 heavy (non-hydrogen) atoms. The van der Waals surface area contributed by atoms with Crippen molar-refractivity contribution < 1.29 is 13.2 Å². The van der Waals surface area contributed by atoms with Crippen molar-refractivity contribution >= 4 is 0 Å². The Morgan fingerprint density at radius 2 is 2.00 bits per heavy atom. The summed E-state index contributed by atoms with van der Waals surface area (Å²) >= 11 is 0. The predicted octanol–water partition coefficient (Wildman–Crippen LogP) is 0.568. The van der Waals surface area contributed by atoms with Crippen LogP contribution in [0.5, 0.6) is 0 Å². The van der Waals surface area contributed by atoms with Gasteiger partial charge >= 0.3 is 6.18 Å². The van der Waals surface area contributed by atoms with Crippen LogP contribution in [0.25, 0.3) is 0 Å². The average Bonchev–Trinajstić information content (AvgIpc) is 1.64. The topological polar surface area (TPSA) is 38.0 Å². The molecule has 0 radical (unpaired) electrons. The van der Waals surface area contributed by atoms with Crippen molar-refractivity contribution in [2.45, 2.75) is 6.18 Å². The lowest BCUT2D eigenvalue weighted by Gasteiger charge is -2.04. The molecule has 0 aliphatic carbocycles. The van der Waals surface area contributed by atoms with Gasteiger partial charge in [0.2, 0.25) is 0 Å². The van der Waals surface area contributed by atoms with Crippen LogP contribution in [0.15, 0.2) is 11.9 Å². The summed E-state index contributed by atoms with van der Waals surface area (Å²) in [5, 5.41) is 2.17. The third-order valence-electron chi connectivity index (χ3n) is 0.627. The average molecular weight is 140 g/mol. The lowest BCUT2D eigenvalue weighted by atomic mass is 10.5. The zero-order valence-electron chi connectivity index (χ0n) is 4.79. The van der Waals surface area contributed by atoms with E-state index in [1.54, 1.807) is 0 Å². The zero-order chi connectivity index (χ0) is 7.49. The molecule has 2 nitrogen and oxygen atoms in total. The van der Waals surface area contributed by atoms with E-state index < -0.39 is 11.9 Å². The van der Waals surface area contributed by atoms with Crippen LogP contribution < -0.4 is 11.1 Å². The first kappa shape index (κ1) is 8.13. The highest BCUT2D eigenvalue weighted by Gasteiger charge is 2.30. The second-order valence-electron chi connectivity index (χ2n) is 1.39. The van der Waals surface area contributed by atoms with Gasteiger partial charge in [-0.25, -0.2) is 0 Å². The summed E-state index contributed by atoms with van der Waals surface area (Å²) in [6.45, 7) is 0. The van der Waals surface area contributed by atoms with Crippen molar-refractivity contribution in [3.63, 3.8) is 0 Å². The minimum Gasteiger partial charge on any atom is -0.394 e. The molecule has 0 spiro atoms. The second kappa shape index (κ2) is 2.61. The van der Waals surface area contributed by atoms with Gasteiger partial charge < -0.3 is 11.1 Å². The molecule has 5 heteroatoms. The van der Waals surface area contributed by atoms with Crippen molar-refractivity contribution in [1.82, 2.24) is 5.32 Å². The summed E-state index contributed by atoms with van der Waals surface area (Å²) in [6.07, 6.45) is -3.72. The Balaban J connectivity index is 4.03. The molecule has 0 saturated carbocycles. The van der Waals surface area contributed by atoms with E-state index in [-0.39, 0.29) is 0 Å². The highest BCUT2D eigenvalue weighted by molar-refractivity contribution is 5.01. The lowest BCUT2D eigenvalue weighted by Crippen LogP contribution is -2.21. The van der Waals surface area contributed by atoms with E-state index in [1.165, 1.54) is 7.05 Å². The predicted molar refractivity (Wildman–Crippen MR) is 27.4 cm³/mol. The van der Waals surface area contributed by atoms with Crippen LogP contribution in [0.3, 0.4) is 0 Å². The van der Waals surface area contributed by atoms with E-state index in [4.69, 9.17) is 0 Å². The van der Waals surface area contributed by atoms with Gasteiger partial charge in [-0.05, 0) is 0 Å². The molecular formula is C4H7F3N2. The number of nitrogens with one attached hydrogen (secondary N) is 1. The van der Waals surface area contributed by atoms with Gasteiger partial charge in [0, 0.05) is 13.2 Å². The van der Waals surface area contributed by atoms with Crippen molar-refractivity contribution in [3.05, 3.63) is 11.9 Å². The molecule has 54 valence electrons. The third kappa shape index (κ3) is 2.84. The van der Waals surface area contributed by atoms with Crippen LogP contribution in [-0.4, -0.2) is 13.2 Å². The quantitative estimate of drug-likeness (QED) is 0.558. The first-order valence-electron chi connectivity index (χ1n) is 2.18. The van der Waals surface area contributed by atoms with E-state index in [9.17, 15) is 13.2 Å². The number of rotatable bonds is 1. The number of alkyl halides is 3. The van der Waals surface area contributed by atoms with Crippen LogP contribution in [-0.2, 0) is 0 Å². The molecule has 3 N–H and O–H groups in total. The maximum absolute atomic E-state index is 11.4. The van der Waals surface area contributed by atoms with E-state index >= 15 is 0 Å². The molecule has 0 amide bonds. The molecule has 0 aromatic carbocycles. The maximum Gasteiger partial charge on any atom is 0.432 e. The highest BCUT2D eigenvalue weighted by atomic mass is 19.4. The number of allylic oxidation sites excluding steroid dienone is 1. The van der Waals surface area contributed by atoms with Gasteiger partial charge in [-0.2, -0.15) is 13.2 Å². The summed E-state index contributed by atoms with van der Waals surface area (Å²) in [5.41, 5.74) is 3.41. The molecule has 0 aromatic rings. The van der Waals surface area contributed by atoms with Gasteiger partial charge in [0.25, 0.3) is 0 Å². The fourth-order valence-electron chi connectivity index (χ4n) is 0.237. The summed E-state index contributed by atoms with van der Waals surface area (Å²) in [6, 6.07) is 0. The summed E-state index contributed by atoms with van der Waals surface area (Å²) in [7, 11) is 1.35. The molecule has 0 saturated heterocycles. The van der Waals surface area contributed by atoms with Crippen LogP contribution in [0.2, 0.25) is 0 Å². The monoisotopic (exact) mass is 140 g/mol. The SMILES string of the molecule is CN/C=C(\N)C(F)(F)F. The van der Waals surface area contributed by atoms with Gasteiger partial charge in [-0.1, -0.05) is 0 Å². The van der Waals surface area contributed by atoms with Crippen molar-refractivity contribution in [2.24, 2.45) is 5.73 Å². The minimum atomic E-state index is -4.41. The molecule has 0 fully saturated rings. The lowest BCUT2D eigenvalue weighted by molar-refractivity contribution is -0.0930. The van der Waals surface area contributed by atoms with E-state index in [1.807, 2.05) is 0 Å². The van der Waals surface area contributed by atoms with Crippen molar-refractivity contribution in [1.29, 1.82) is 0 Å². The van der Waals surface area contributed by atoms with Crippen LogP contribution in [0.1, 0.15) is 0 Å². The molecule has 0 heterocycles. The summed E-state index contributed by atoms with van der Waals surface area (Å²) < 4.78 is 34.2. The van der Waals surface area contributed by atoms with Gasteiger partial charge in [0.1, 0.15) is 5.70 Å². The van der Waals surface area contributed by atoms with Gasteiger partial charge in [0.05, 0.1) is 0 Å². The molecule has 0 bridgehead atoms. The summed E-state index contributed by atoms with van der Waals surface area (Å²) in [5.74, 6) is 0. The van der Waals surface area contributed by atoms with Gasteiger partial charge in [-0.15, -0.1) is 0 Å². The van der Waals surface area contributed by atoms with E-state index in [2.05, 4.69) is 11.1 Å². The van der Waals surface area contributed by atoms with E-state index in [0.29, 0.717) is 6.20 Å². The van der Waals surface area contributed by atoms with Gasteiger partial charge in [-0.3, -0.25) is 0 Å². The van der Waals surface area contributed by atoms with Crippen LogP contribution >= 0.6 is 0 Å². The standard InChI is InChI=1S/C4H7F3N2/c1-9-2-3(8)4(5,6)7/h2,9H,8H2,1H3/b3-2-. The highest BCUT2D eigenvalue weighted by Crippen LogP contribution is 2.20. The first-order chi connectivity index (χ1) is 3.98. The number of hydrogen-bond donors (Lipinski definition) is 2. The van der Waals surface area contributed by atoms with Crippen molar-refractivity contribution in [3.8, 4) is 0 Å². The van der Waals surface area contributed by atoms with Crippen LogP contribution in [0, 0.1) is 0 Å².